The second kappa shape index (κ2) is 9.46. The zero-order valence-corrected chi connectivity index (χ0v) is 15.3. The molecule has 0 aliphatic heterocycles. The smallest absolute Gasteiger partial charge is 0.251 e. The van der Waals surface area contributed by atoms with E-state index in [2.05, 4.69) is 10.6 Å². The molecule has 0 unspecified atom stereocenters. The molecule has 0 aliphatic carbocycles. The van der Waals surface area contributed by atoms with Gasteiger partial charge in [-0.3, -0.25) is 9.59 Å². The number of carbonyl (C=O) groups excluding carboxylic acids is 2. The number of nitrogens with one attached hydrogen (secondary N) is 2. The second-order valence-corrected chi connectivity index (χ2v) is 6.41. The molecule has 3 rings (SSSR count). The molecule has 0 saturated heterocycles. The first-order valence-electron chi connectivity index (χ1n) is 9.04. The molecule has 3 aromatic rings. The van der Waals surface area contributed by atoms with E-state index in [4.69, 9.17) is 0 Å². The third kappa shape index (κ3) is 5.51. The van der Waals surface area contributed by atoms with Crippen LogP contribution in [0.4, 0.5) is 4.39 Å². The quantitative estimate of drug-likeness (QED) is 0.655. The fourth-order valence-electron chi connectivity index (χ4n) is 2.83. The lowest BCUT2D eigenvalue weighted by Gasteiger charge is -2.19. The Morgan fingerprint density at radius 2 is 1.43 bits per heavy atom. The van der Waals surface area contributed by atoms with Crippen LogP contribution < -0.4 is 10.6 Å². The summed E-state index contributed by atoms with van der Waals surface area (Å²) >= 11 is 0. The molecule has 0 spiro atoms. The highest BCUT2D eigenvalue weighted by Crippen LogP contribution is 2.17. The Morgan fingerprint density at radius 1 is 0.821 bits per heavy atom. The van der Waals surface area contributed by atoms with Crippen molar-refractivity contribution in [3.05, 3.63) is 107 Å². The predicted octanol–water partition coefficient (Wildman–Crippen LogP) is 4.00. The van der Waals surface area contributed by atoms with Gasteiger partial charge < -0.3 is 10.6 Å². The van der Waals surface area contributed by atoms with Gasteiger partial charge in [-0.05, 0) is 35.4 Å². The summed E-state index contributed by atoms with van der Waals surface area (Å²) < 4.78 is 13.0. The highest BCUT2D eigenvalue weighted by atomic mass is 19.1. The van der Waals surface area contributed by atoms with E-state index in [-0.39, 0.29) is 24.1 Å². The van der Waals surface area contributed by atoms with Crippen LogP contribution in [-0.4, -0.2) is 11.8 Å². The average molecular weight is 376 g/mol. The number of rotatable bonds is 7. The van der Waals surface area contributed by atoms with Gasteiger partial charge in [0.15, 0.2) is 0 Å². The lowest BCUT2D eigenvalue weighted by molar-refractivity contribution is -0.121. The Morgan fingerprint density at radius 3 is 2.07 bits per heavy atom. The molecule has 0 aliphatic rings. The van der Waals surface area contributed by atoms with Crippen molar-refractivity contribution in [2.75, 3.05) is 0 Å². The Hall–Kier alpha value is -3.47. The zero-order valence-electron chi connectivity index (χ0n) is 15.3. The first-order chi connectivity index (χ1) is 13.6. The van der Waals surface area contributed by atoms with Crippen LogP contribution in [0.25, 0.3) is 0 Å². The summed E-state index contributed by atoms with van der Waals surface area (Å²) in [4.78, 5) is 25.0. The topological polar surface area (TPSA) is 58.2 Å². The van der Waals surface area contributed by atoms with Crippen molar-refractivity contribution in [1.29, 1.82) is 0 Å². The summed E-state index contributed by atoms with van der Waals surface area (Å²) in [7, 11) is 0. The van der Waals surface area contributed by atoms with Crippen LogP contribution >= 0.6 is 0 Å². The van der Waals surface area contributed by atoms with Crippen molar-refractivity contribution in [1.82, 2.24) is 10.6 Å². The summed E-state index contributed by atoms with van der Waals surface area (Å²) in [6.07, 6.45) is 0.101. The Labute approximate surface area is 163 Å². The maximum absolute atomic E-state index is 13.0. The third-order valence-electron chi connectivity index (χ3n) is 4.34. The largest absolute Gasteiger partial charge is 0.352 e. The van der Waals surface area contributed by atoms with Gasteiger partial charge in [0.05, 0.1) is 12.5 Å². The van der Waals surface area contributed by atoms with Crippen LogP contribution in [0.5, 0.6) is 0 Å². The number of halogens is 1. The van der Waals surface area contributed by atoms with E-state index < -0.39 is 6.04 Å². The van der Waals surface area contributed by atoms with E-state index in [1.807, 2.05) is 36.4 Å². The lowest BCUT2D eigenvalue weighted by Crippen LogP contribution is -2.33. The van der Waals surface area contributed by atoms with Gasteiger partial charge in [-0.25, -0.2) is 4.39 Å². The van der Waals surface area contributed by atoms with Gasteiger partial charge in [-0.1, -0.05) is 60.7 Å². The molecule has 0 radical (unpaired) electrons. The molecule has 2 amide bonds. The average Bonchev–Trinajstić information content (AvgIpc) is 2.74. The Balaban J connectivity index is 1.66. The normalized spacial score (nSPS) is 11.5. The summed E-state index contributed by atoms with van der Waals surface area (Å²) in [5.74, 6) is -0.754. The van der Waals surface area contributed by atoms with E-state index in [0.717, 1.165) is 11.1 Å². The van der Waals surface area contributed by atoms with Gasteiger partial charge in [0.2, 0.25) is 5.91 Å². The van der Waals surface area contributed by atoms with Crippen molar-refractivity contribution in [3.63, 3.8) is 0 Å². The van der Waals surface area contributed by atoms with Gasteiger partial charge >= 0.3 is 0 Å². The van der Waals surface area contributed by atoms with Gasteiger partial charge in [0, 0.05) is 12.1 Å². The highest BCUT2D eigenvalue weighted by molar-refractivity contribution is 5.94. The molecule has 0 heterocycles. The van der Waals surface area contributed by atoms with Crippen LogP contribution in [0.2, 0.25) is 0 Å². The Bertz CT molecular complexity index is 912. The maximum Gasteiger partial charge on any atom is 0.251 e. The molecule has 2 N–H and O–H groups in total. The molecule has 1 atom stereocenters. The van der Waals surface area contributed by atoms with Gasteiger partial charge in [-0.15, -0.1) is 0 Å². The summed E-state index contributed by atoms with van der Waals surface area (Å²) in [5.41, 5.74) is 2.19. The van der Waals surface area contributed by atoms with Crippen LogP contribution in [0.15, 0.2) is 84.9 Å². The van der Waals surface area contributed by atoms with E-state index in [1.165, 1.54) is 12.1 Å². The van der Waals surface area contributed by atoms with Crippen molar-refractivity contribution < 1.29 is 14.0 Å². The molecule has 28 heavy (non-hydrogen) atoms. The van der Waals surface area contributed by atoms with Crippen LogP contribution in [-0.2, 0) is 11.3 Å². The van der Waals surface area contributed by atoms with Crippen LogP contribution in [0.3, 0.4) is 0 Å². The van der Waals surface area contributed by atoms with E-state index >= 15 is 0 Å². The first-order valence-corrected chi connectivity index (χ1v) is 9.04. The first kappa shape index (κ1) is 19.3. The van der Waals surface area contributed by atoms with Crippen LogP contribution in [0.1, 0.15) is 33.9 Å². The number of amides is 2. The van der Waals surface area contributed by atoms with E-state index in [1.54, 1.807) is 36.4 Å². The van der Waals surface area contributed by atoms with Crippen molar-refractivity contribution in [2.24, 2.45) is 0 Å². The molecule has 5 heteroatoms. The van der Waals surface area contributed by atoms with Gasteiger partial charge in [0.25, 0.3) is 5.91 Å². The maximum atomic E-state index is 13.0. The number of carbonyl (C=O) groups is 2. The number of benzene rings is 3. The van der Waals surface area contributed by atoms with Crippen molar-refractivity contribution in [2.45, 2.75) is 19.0 Å². The monoisotopic (exact) mass is 376 g/mol. The molecule has 0 fully saturated rings. The van der Waals surface area contributed by atoms with E-state index in [0.29, 0.717) is 12.1 Å². The SMILES string of the molecule is O=C(C[C@@H](NC(=O)c1ccccc1)c1ccccc1)NCc1ccc(F)cc1. The third-order valence-corrected chi connectivity index (χ3v) is 4.34. The molecule has 0 saturated carbocycles. The predicted molar refractivity (Wildman–Crippen MR) is 106 cm³/mol. The number of hydrogen-bond acceptors (Lipinski definition) is 2. The minimum atomic E-state index is -0.456. The molecular formula is C23H21FN2O2. The molecule has 4 nitrogen and oxygen atoms in total. The van der Waals surface area contributed by atoms with Crippen molar-refractivity contribution >= 4 is 11.8 Å². The standard InChI is InChI=1S/C23H21FN2O2/c24-20-13-11-17(12-14-20)16-25-22(27)15-21(18-7-3-1-4-8-18)26-23(28)19-9-5-2-6-10-19/h1-14,21H,15-16H2,(H,25,27)(H,26,28)/t21-/m1/s1. The number of hydrogen-bond donors (Lipinski definition) is 2. The molecular weight excluding hydrogens is 355 g/mol. The minimum Gasteiger partial charge on any atom is -0.352 e. The van der Waals surface area contributed by atoms with Gasteiger partial charge in [0.1, 0.15) is 5.82 Å². The molecule has 0 aromatic heterocycles. The second-order valence-electron chi connectivity index (χ2n) is 6.41. The summed E-state index contributed by atoms with van der Waals surface area (Å²) in [5, 5.41) is 5.76. The lowest BCUT2D eigenvalue weighted by atomic mass is 10.0. The fourth-order valence-corrected chi connectivity index (χ4v) is 2.83. The van der Waals surface area contributed by atoms with Gasteiger partial charge in [-0.2, -0.15) is 0 Å². The van der Waals surface area contributed by atoms with Crippen LogP contribution in [0, 0.1) is 5.82 Å². The Kier molecular flexibility index (Phi) is 6.52. The summed E-state index contributed by atoms with van der Waals surface area (Å²) in [6.45, 7) is 0.299. The zero-order chi connectivity index (χ0) is 19.8. The molecule has 3 aromatic carbocycles. The van der Waals surface area contributed by atoms with E-state index in [9.17, 15) is 14.0 Å². The fraction of sp³-hybridized carbons (Fsp3) is 0.130. The molecule has 142 valence electrons. The highest BCUT2D eigenvalue weighted by Gasteiger charge is 2.19. The molecule has 0 bridgehead atoms. The summed E-state index contributed by atoms with van der Waals surface area (Å²) in [6, 6.07) is 23.8. The minimum absolute atomic E-state index is 0.101. The van der Waals surface area contributed by atoms with Crippen molar-refractivity contribution in [3.8, 4) is 0 Å².